The zero-order valence-corrected chi connectivity index (χ0v) is 13.5. The Hall–Kier alpha value is -3.08. The Balaban J connectivity index is 1.78. The highest BCUT2D eigenvalue weighted by molar-refractivity contribution is 5.76. The Labute approximate surface area is 139 Å². The van der Waals surface area contributed by atoms with Crippen LogP contribution in [0.4, 0.5) is 0 Å². The van der Waals surface area contributed by atoms with Gasteiger partial charge >= 0.3 is 0 Å². The number of carbonyl (C=O) groups is 1. The van der Waals surface area contributed by atoms with Gasteiger partial charge in [0.15, 0.2) is 17.3 Å². The third kappa shape index (κ3) is 3.30. The molecule has 0 atom stereocenters. The van der Waals surface area contributed by atoms with Crippen molar-refractivity contribution in [3.8, 4) is 23.0 Å². The second-order valence-corrected chi connectivity index (χ2v) is 5.21. The van der Waals surface area contributed by atoms with E-state index in [1.54, 1.807) is 18.2 Å². The summed E-state index contributed by atoms with van der Waals surface area (Å²) in [7, 11) is 1.53. The van der Waals surface area contributed by atoms with E-state index >= 15 is 0 Å². The van der Waals surface area contributed by atoms with Crippen molar-refractivity contribution in [1.82, 2.24) is 4.98 Å². The second-order valence-electron chi connectivity index (χ2n) is 5.21. The number of aryl methyl sites for hydroxylation is 1. The molecular weight excluding hydrogens is 306 g/mol. The van der Waals surface area contributed by atoms with Crippen molar-refractivity contribution in [2.45, 2.75) is 13.5 Å². The molecule has 24 heavy (non-hydrogen) atoms. The van der Waals surface area contributed by atoms with E-state index in [2.05, 4.69) is 4.98 Å². The van der Waals surface area contributed by atoms with E-state index < -0.39 is 0 Å². The summed E-state index contributed by atoms with van der Waals surface area (Å²) < 4.78 is 16.8. The molecular formula is C19H17NO4. The lowest BCUT2D eigenvalue weighted by molar-refractivity contribution is 0.112. The highest BCUT2D eigenvalue weighted by Gasteiger charge is 2.13. The van der Waals surface area contributed by atoms with E-state index in [1.807, 2.05) is 37.3 Å². The van der Waals surface area contributed by atoms with Crippen LogP contribution in [0.15, 0.2) is 52.9 Å². The van der Waals surface area contributed by atoms with E-state index in [0.717, 1.165) is 17.5 Å². The maximum absolute atomic E-state index is 10.8. The minimum atomic E-state index is 0.225. The number of hydrogen-bond acceptors (Lipinski definition) is 5. The number of aromatic nitrogens is 1. The van der Waals surface area contributed by atoms with Gasteiger partial charge in [0.2, 0.25) is 5.89 Å². The zero-order valence-electron chi connectivity index (χ0n) is 13.5. The predicted molar refractivity (Wildman–Crippen MR) is 89.4 cm³/mol. The average Bonchev–Trinajstić information content (AvgIpc) is 3.01. The van der Waals surface area contributed by atoms with Gasteiger partial charge in [-0.05, 0) is 37.3 Å². The fraction of sp³-hybridized carbons (Fsp3) is 0.158. The molecule has 0 fully saturated rings. The van der Waals surface area contributed by atoms with Gasteiger partial charge in [0.1, 0.15) is 12.9 Å². The first kappa shape index (κ1) is 15.8. The first-order chi connectivity index (χ1) is 11.7. The number of methoxy groups -OCH3 is 1. The molecule has 0 saturated carbocycles. The van der Waals surface area contributed by atoms with Crippen LogP contribution in [0.5, 0.6) is 11.5 Å². The molecule has 0 radical (unpaired) electrons. The Morgan fingerprint density at radius 1 is 1.12 bits per heavy atom. The fourth-order valence-electron chi connectivity index (χ4n) is 2.29. The van der Waals surface area contributed by atoms with Crippen molar-refractivity contribution in [3.63, 3.8) is 0 Å². The van der Waals surface area contributed by atoms with Crippen molar-refractivity contribution < 1.29 is 18.7 Å². The Kier molecular flexibility index (Phi) is 4.61. The monoisotopic (exact) mass is 323 g/mol. The molecule has 0 saturated heterocycles. The van der Waals surface area contributed by atoms with Crippen LogP contribution in [0.1, 0.15) is 21.8 Å². The van der Waals surface area contributed by atoms with Crippen LogP contribution in [0.3, 0.4) is 0 Å². The summed E-state index contributed by atoms with van der Waals surface area (Å²) >= 11 is 0. The summed E-state index contributed by atoms with van der Waals surface area (Å²) in [5.74, 6) is 2.26. The average molecular weight is 323 g/mol. The Bertz CT molecular complexity index is 840. The number of aldehydes is 1. The van der Waals surface area contributed by atoms with Crippen LogP contribution in [0.25, 0.3) is 11.5 Å². The smallest absolute Gasteiger partial charge is 0.226 e. The lowest BCUT2D eigenvalue weighted by atomic mass is 10.2. The van der Waals surface area contributed by atoms with Crippen LogP contribution < -0.4 is 9.47 Å². The van der Waals surface area contributed by atoms with Crippen molar-refractivity contribution in [2.24, 2.45) is 0 Å². The largest absolute Gasteiger partial charge is 0.493 e. The molecule has 0 spiro atoms. The summed E-state index contributed by atoms with van der Waals surface area (Å²) in [6.07, 6.45) is 0.763. The maximum Gasteiger partial charge on any atom is 0.226 e. The first-order valence-electron chi connectivity index (χ1n) is 7.49. The zero-order chi connectivity index (χ0) is 16.9. The summed E-state index contributed by atoms with van der Waals surface area (Å²) in [5.41, 5.74) is 2.22. The van der Waals surface area contributed by atoms with Gasteiger partial charge in [-0.25, -0.2) is 4.98 Å². The molecule has 3 rings (SSSR count). The number of oxazole rings is 1. The quantitative estimate of drug-likeness (QED) is 0.640. The Morgan fingerprint density at radius 2 is 1.92 bits per heavy atom. The molecule has 1 aromatic heterocycles. The number of rotatable bonds is 6. The number of benzene rings is 2. The third-order valence-electron chi connectivity index (χ3n) is 3.60. The maximum atomic E-state index is 10.8. The summed E-state index contributed by atoms with van der Waals surface area (Å²) in [6.45, 7) is 2.10. The minimum Gasteiger partial charge on any atom is -0.493 e. The summed E-state index contributed by atoms with van der Waals surface area (Å²) in [4.78, 5) is 15.3. The first-order valence-corrected chi connectivity index (χ1v) is 7.49. The normalized spacial score (nSPS) is 10.4. The van der Waals surface area contributed by atoms with Gasteiger partial charge < -0.3 is 13.9 Å². The lowest BCUT2D eigenvalue weighted by Gasteiger charge is -2.10. The van der Waals surface area contributed by atoms with Crippen LogP contribution in [0, 0.1) is 6.92 Å². The molecule has 0 aliphatic heterocycles. The molecule has 0 aliphatic carbocycles. The number of carbonyl (C=O) groups excluding carboxylic acids is 1. The number of hydrogen-bond donors (Lipinski definition) is 0. The third-order valence-corrected chi connectivity index (χ3v) is 3.60. The van der Waals surface area contributed by atoms with Gasteiger partial charge in [0, 0.05) is 11.1 Å². The molecule has 0 N–H and O–H groups in total. The van der Waals surface area contributed by atoms with Gasteiger partial charge in [0.05, 0.1) is 12.8 Å². The highest BCUT2D eigenvalue weighted by Crippen LogP contribution is 2.29. The standard InChI is InChI=1S/C19H17NO4/c1-13-18(24-19(20-13)15-6-4-3-5-7-15)12-23-16-9-8-14(11-21)10-17(16)22-2/h3-11H,12H2,1-2H3. The minimum absolute atomic E-state index is 0.225. The molecule has 122 valence electrons. The van der Waals surface area contributed by atoms with Gasteiger partial charge in [0.25, 0.3) is 0 Å². The predicted octanol–water partition coefficient (Wildman–Crippen LogP) is 4.05. The van der Waals surface area contributed by atoms with E-state index in [0.29, 0.717) is 28.7 Å². The molecule has 1 heterocycles. The van der Waals surface area contributed by atoms with Crippen LogP contribution in [0.2, 0.25) is 0 Å². The molecule has 2 aromatic carbocycles. The van der Waals surface area contributed by atoms with Gasteiger partial charge in [-0.15, -0.1) is 0 Å². The van der Waals surface area contributed by atoms with Gasteiger partial charge in [-0.1, -0.05) is 18.2 Å². The van der Waals surface area contributed by atoms with Crippen LogP contribution in [-0.2, 0) is 6.61 Å². The van der Waals surface area contributed by atoms with Crippen LogP contribution in [-0.4, -0.2) is 18.4 Å². The van der Waals surface area contributed by atoms with Crippen LogP contribution >= 0.6 is 0 Å². The van der Waals surface area contributed by atoms with Crippen molar-refractivity contribution in [1.29, 1.82) is 0 Å². The Morgan fingerprint density at radius 3 is 2.62 bits per heavy atom. The van der Waals surface area contributed by atoms with E-state index in [9.17, 15) is 4.79 Å². The highest BCUT2D eigenvalue weighted by atomic mass is 16.5. The SMILES string of the molecule is COc1cc(C=O)ccc1OCc1oc(-c2ccccc2)nc1C. The van der Waals surface area contributed by atoms with E-state index in [-0.39, 0.29) is 6.61 Å². The molecule has 0 bridgehead atoms. The molecule has 0 aliphatic rings. The van der Waals surface area contributed by atoms with E-state index in [4.69, 9.17) is 13.9 Å². The second kappa shape index (κ2) is 7.00. The molecule has 5 heteroatoms. The topological polar surface area (TPSA) is 61.6 Å². The van der Waals surface area contributed by atoms with Gasteiger partial charge in [-0.2, -0.15) is 0 Å². The van der Waals surface area contributed by atoms with Crippen molar-refractivity contribution in [2.75, 3.05) is 7.11 Å². The van der Waals surface area contributed by atoms with Gasteiger partial charge in [-0.3, -0.25) is 4.79 Å². The number of nitrogens with zero attached hydrogens (tertiary/aromatic N) is 1. The molecule has 0 unspecified atom stereocenters. The fourth-order valence-corrected chi connectivity index (χ4v) is 2.29. The van der Waals surface area contributed by atoms with E-state index in [1.165, 1.54) is 7.11 Å². The number of ether oxygens (including phenoxy) is 2. The summed E-state index contributed by atoms with van der Waals surface area (Å²) in [5, 5.41) is 0. The van der Waals surface area contributed by atoms with Crippen molar-refractivity contribution >= 4 is 6.29 Å². The molecule has 3 aromatic rings. The lowest BCUT2D eigenvalue weighted by Crippen LogP contribution is -1.98. The molecule has 5 nitrogen and oxygen atoms in total. The summed E-state index contributed by atoms with van der Waals surface area (Å²) in [6, 6.07) is 14.7. The van der Waals surface area contributed by atoms with Crippen molar-refractivity contribution in [3.05, 3.63) is 65.5 Å². The molecule has 0 amide bonds.